The molecule has 1 aliphatic rings. The average Bonchev–Trinajstić information content (AvgIpc) is 2.87. The number of carbonyl (C=O) groups is 1. The van der Waals surface area contributed by atoms with Gasteiger partial charge in [0.05, 0.1) is 17.2 Å². The van der Waals surface area contributed by atoms with Crippen molar-refractivity contribution in [1.29, 1.82) is 0 Å². The molecule has 2 N–H and O–H groups in total. The van der Waals surface area contributed by atoms with Crippen molar-refractivity contribution in [3.8, 4) is 0 Å². The summed E-state index contributed by atoms with van der Waals surface area (Å²) >= 11 is 5.64. The molecule has 0 bridgehead atoms. The van der Waals surface area contributed by atoms with E-state index in [0.29, 0.717) is 5.69 Å². The summed E-state index contributed by atoms with van der Waals surface area (Å²) in [6, 6.07) is 3.61. The Hall–Kier alpha value is -1.33. The van der Waals surface area contributed by atoms with E-state index in [2.05, 4.69) is 10.6 Å². The second kappa shape index (κ2) is 6.21. The molecule has 0 saturated carbocycles. The summed E-state index contributed by atoms with van der Waals surface area (Å²) in [6.07, 6.45) is 2.03. The van der Waals surface area contributed by atoms with Crippen LogP contribution in [0.2, 0.25) is 5.02 Å². The summed E-state index contributed by atoms with van der Waals surface area (Å²) < 4.78 is 18.5. The molecule has 1 saturated heterocycles. The lowest BCUT2D eigenvalue weighted by Gasteiger charge is -2.20. The summed E-state index contributed by atoms with van der Waals surface area (Å²) in [5, 5.41) is 5.38. The number of amides is 2. The van der Waals surface area contributed by atoms with E-state index in [1.807, 2.05) is 6.92 Å². The number of rotatable bonds is 3. The van der Waals surface area contributed by atoms with Crippen LogP contribution in [0.1, 0.15) is 19.8 Å². The number of anilines is 1. The molecule has 1 aromatic carbocycles. The first-order chi connectivity index (χ1) is 9.06. The summed E-state index contributed by atoms with van der Waals surface area (Å²) in [5.41, 5.74) is 0.448. The lowest BCUT2D eigenvalue weighted by atomic mass is 10.1. The molecule has 0 radical (unpaired) electrons. The number of halogens is 2. The number of benzene rings is 1. The van der Waals surface area contributed by atoms with Gasteiger partial charge in [-0.15, -0.1) is 0 Å². The smallest absolute Gasteiger partial charge is 0.319 e. The molecular weight excluding hydrogens is 271 g/mol. The van der Waals surface area contributed by atoms with E-state index in [4.69, 9.17) is 16.3 Å². The molecule has 0 aliphatic carbocycles. The zero-order valence-electron chi connectivity index (χ0n) is 10.6. The van der Waals surface area contributed by atoms with Crippen LogP contribution >= 0.6 is 11.6 Å². The van der Waals surface area contributed by atoms with E-state index in [1.54, 1.807) is 0 Å². The Morgan fingerprint density at radius 2 is 2.37 bits per heavy atom. The van der Waals surface area contributed by atoms with E-state index >= 15 is 0 Å². The quantitative estimate of drug-likeness (QED) is 0.897. The van der Waals surface area contributed by atoms with Crippen molar-refractivity contribution >= 4 is 23.3 Å². The van der Waals surface area contributed by atoms with E-state index in [-0.39, 0.29) is 23.2 Å². The highest BCUT2D eigenvalue weighted by molar-refractivity contribution is 6.31. The van der Waals surface area contributed by atoms with Gasteiger partial charge in [-0.1, -0.05) is 11.6 Å². The van der Waals surface area contributed by atoms with Gasteiger partial charge in [-0.05, 0) is 38.0 Å². The van der Waals surface area contributed by atoms with E-state index in [0.717, 1.165) is 19.4 Å². The lowest BCUT2D eigenvalue weighted by Crippen LogP contribution is -2.42. The molecule has 1 fully saturated rings. The highest BCUT2D eigenvalue weighted by Crippen LogP contribution is 2.19. The Morgan fingerprint density at radius 3 is 3.00 bits per heavy atom. The number of carbonyl (C=O) groups excluding carboxylic acids is 1. The molecule has 1 aliphatic heterocycles. The van der Waals surface area contributed by atoms with Gasteiger partial charge < -0.3 is 15.4 Å². The Bertz CT molecular complexity index is 464. The maximum absolute atomic E-state index is 13.0. The Labute approximate surface area is 116 Å². The van der Waals surface area contributed by atoms with Crippen LogP contribution in [-0.4, -0.2) is 24.8 Å². The van der Waals surface area contributed by atoms with Gasteiger partial charge in [-0.2, -0.15) is 0 Å². The van der Waals surface area contributed by atoms with Crippen LogP contribution in [-0.2, 0) is 4.74 Å². The fourth-order valence-electron chi connectivity index (χ4n) is 2.04. The van der Waals surface area contributed by atoms with Crippen molar-refractivity contribution in [3.05, 3.63) is 29.0 Å². The van der Waals surface area contributed by atoms with E-state index < -0.39 is 5.82 Å². The van der Waals surface area contributed by atoms with Crippen molar-refractivity contribution < 1.29 is 13.9 Å². The van der Waals surface area contributed by atoms with Gasteiger partial charge in [0.2, 0.25) is 0 Å². The first kappa shape index (κ1) is 14.1. The van der Waals surface area contributed by atoms with Crippen LogP contribution in [0.15, 0.2) is 18.2 Å². The van der Waals surface area contributed by atoms with Crippen molar-refractivity contribution in [2.75, 3.05) is 11.9 Å². The summed E-state index contributed by atoms with van der Waals surface area (Å²) in [7, 11) is 0. The third-order valence-electron chi connectivity index (χ3n) is 3.06. The van der Waals surface area contributed by atoms with Crippen LogP contribution in [0.5, 0.6) is 0 Å². The SMILES string of the molecule is C[C@@H](NC(=O)Nc1ccc(F)c(Cl)c1)[C@@H]1CCCO1. The van der Waals surface area contributed by atoms with Crippen molar-refractivity contribution in [1.82, 2.24) is 5.32 Å². The highest BCUT2D eigenvalue weighted by Gasteiger charge is 2.23. The molecule has 0 spiro atoms. The molecule has 2 atom stereocenters. The fourth-order valence-corrected chi connectivity index (χ4v) is 2.22. The number of nitrogens with one attached hydrogen (secondary N) is 2. The molecule has 1 heterocycles. The molecule has 19 heavy (non-hydrogen) atoms. The Morgan fingerprint density at radius 1 is 1.58 bits per heavy atom. The maximum Gasteiger partial charge on any atom is 0.319 e. The first-order valence-electron chi connectivity index (χ1n) is 6.20. The van der Waals surface area contributed by atoms with Gasteiger partial charge in [0, 0.05) is 12.3 Å². The minimum Gasteiger partial charge on any atom is -0.376 e. The van der Waals surface area contributed by atoms with Gasteiger partial charge in [0.1, 0.15) is 5.82 Å². The topological polar surface area (TPSA) is 50.4 Å². The fraction of sp³-hybridized carbons (Fsp3) is 0.462. The number of urea groups is 1. The van der Waals surface area contributed by atoms with Gasteiger partial charge >= 0.3 is 6.03 Å². The predicted molar refractivity (Wildman–Crippen MR) is 72.0 cm³/mol. The summed E-state index contributed by atoms with van der Waals surface area (Å²) in [4.78, 5) is 11.8. The molecule has 0 unspecified atom stereocenters. The zero-order valence-corrected chi connectivity index (χ0v) is 11.3. The number of hydrogen-bond donors (Lipinski definition) is 2. The predicted octanol–water partition coefficient (Wildman–Crippen LogP) is 3.17. The van der Waals surface area contributed by atoms with Gasteiger partial charge in [-0.25, -0.2) is 9.18 Å². The van der Waals surface area contributed by atoms with Gasteiger partial charge in [0.25, 0.3) is 0 Å². The molecule has 6 heteroatoms. The van der Waals surface area contributed by atoms with E-state index in [1.165, 1.54) is 18.2 Å². The number of hydrogen-bond acceptors (Lipinski definition) is 2. The van der Waals surface area contributed by atoms with Crippen LogP contribution in [0.25, 0.3) is 0 Å². The van der Waals surface area contributed by atoms with Gasteiger partial charge in [-0.3, -0.25) is 0 Å². The molecule has 2 rings (SSSR count). The average molecular weight is 287 g/mol. The Balaban J connectivity index is 1.88. The molecule has 1 aromatic rings. The first-order valence-corrected chi connectivity index (χ1v) is 6.58. The molecule has 104 valence electrons. The van der Waals surface area contributed by atoms with Crippen LogP contribution in [0.4, 0.5) is 14.9 Å². The largest absolute Gasteiger partial charge is 0.376 e. The maximum atomic E-state index is 13.0. The minimum atomic E-state index is -0.514. The third kappa shape index (κ3) is 3.81. The van der Waals surface area contributed by atoms with Crippen molar-refractivity contribution in [2.45, 2.75) is 31.9 Å². The lowest BCUT2D eigenvalue weighted by molar-refractivity contribution is 0.0868. The zero-order chi connectivity index (χ0) is 13.8. The van der Waals surface area contributed by atoms with Crippen molar-refractivity contribution in [2.24, 2.45) is 0 Å². The molecule has 4 nitrogen and oxygen atoms in total. The van der Waals surface area contributed by atoms with Crippen LogP contribution in [0, 0.1) is 5.82 Å². The van der Waals surface area contributed by atoms with Crippen LogP contribution in [0.3, 0.4) is 0 Å². The normalized spacial score (nSPS) is 20.1. The minimum absolute atomic E-state index is 0.0232. The second-order valence-electron chi connectivity index (χ2n) is 4.57. The molecular formula is C13H16ClFN2O2. The summed E-state index contributed by atoms with van der Waals surface area (Å²) in [6.45, 7) is 2.64. The van der Waals surface area contributed by atoms with Crippen LogP contribution < -0.4 is 10.6 Å². The molecule has 2 amide bonds. The summed E-state index contributed by atoms with van der Waals surface area (Å²) in [5.74, 6) is -0.514. The third-order valence-corrected chi connectivity index (χ3v) is 3.35. The number of ether oxygens (including phenoxy) is 1. The molecule has 0 aromatic heterocycles. The monoisotopic (exact) mass is 286 g/mol. The van der Waals surface area contributed by atoms with Gasteiger partial charge in [0.15, 0.2) is 0 Å². The van der Waals surface area contributed by atoms with E-state index in [9.17, 15) is 9.18 Å². The van der Waals surface area contributed by atoms with Crippen molar-refractivity contribution in [3.63, 3.8) is 0 Å². The highest BCUT2D eigenvalue weighted by atomic mass is 35.5. The standard InChI is InChI=1S/C13H16ClFN2O2/c1-8(12-3-2-6-19-12)16-13(18)17-9-4-5-11(15)10(14)7-9/h4-5,7-8,12H,2-3,6H2,1H3,(H2,16,17,18)/t8-,12+/m1/s1. The Kier molecular flexibility index (Phi) is 4.61. The second-order valence-corrected chi connectivity index (χ2v) is 4.97.